The number of rotatable bonds is 0. The van der Waals surface area contributed by atoms with Crippen LogP contribution in [0, 0.1) is 12.3 Å². The average molecular weight is 179 g/mol. The van der Waals surface area contributed by atoms with Crippen LogP contribution in [0.15, 0.2) is 0 Å². The summed E-state index contributed by atoms with van der Waals surface area (Å²) in [7, 11) is 0. The van der Waals surface area contributed by atoms with Crippen LogP contribution in [0.5, 0.6) is 0 Å². The SMILES string of the molecule is FC(F)(F)C1CCC[CH]CCC1. The Bertz CT molecular complexity index is 120. The summed E-state index contributed by atoms with van der Waals surface area (Å²) < 4.78 is 36.7. The summed E-state index contributed by atoms with van der Waals surface area (Å²) in [6.07, 6.45) is 1.89. The Hall–Kier alpha value is -0.210. The molecule has 0 atom stereocenters. The van der Waals surface area contributed by atoms with Gasteiger partial charge in [0.15, 0.2) is 0 Å². The van der Waals surface area contributed by atoms with Crippen LogP contribution in [0.25, 0.3) is 0 Å². The lowest BCUT2D eigenvalue weighted by Gasteiger charge is -2.21. The highest BCUT2D eigenvalue weighted by Gasteiger charge is 2.38. The molecule has 1 rings (SSSR count). The molecule has 0 N–H and O–H groups in total. The van der Waals surface area contributed by atoms with Crippen molar-refractivity contribution in [2.75, 3.05) is 0 Å². The Morgan fingerprint density at radius 1 is 1.00 bits per heavy atom. The van der Waals surface area contributed by atoms with E-state index in [-0.39, 0.29) is 0 Å². The summed E-state index contributed by atoms with van der Waals surface area (Å²) in [6.45, 7) is 0. The topological polar surface area (TPSA) is 0 Å². The molecule has 0 bridgehead atoms. The first-order valence-electron chi connectivity index (χ1n) is 4.49. The van der Waals surface area contributed by atoms with E-state index >= 15 is 0 Å². The lowest BCUT2D eigenvalue weighted by atomic mass is 9.91. The van der Waals surface area contributed by atoms with Crippen LogP contribution < -0.4 is 0 Å². The zero-order valence-corrected chi connectivity index (χ0v) is 7.03. The summed E-state index contributed by atoms with van der Waals surface area (Å²) in [6, 6.07) is 0. The second-order valence-electron chi connectivity index (χ2n) is 3.39. The second-order valence-corrected chi connectivity index (χ2v) is 3.39. The van der Waals surface area contributed by atoms with Gasteiger partial charge in [0.05, 0.1) is 5.92 Å². The van der Waals surface area contributed by atoms with Gasteiger partial charge in [-0.3, -0.25) is 0 Å². The highest BCUT2D eigenvalue weighted by Crippen LogP contribution is 2.35. The molecule has 0 aromatic rings. The Balaban J connectivity index is 2.40. The van der Waals surface area contributed by atoms with Gasteiger partial charge in [0, 0.05) is 0 Å². The van der Waals surface area contributed by atoms with Crippen molar-refractivity contribution in [3.63, 3.8) is 0 Å². The van der Waals surface area contributed by atoms with Crippen molar-refractivity contribution in [1.29, 1.82) is 0 Å². The Labute approximate surface area is 71.1 Å². The van der Waals surface area contributed by atoms with Crippen molar-refractivity contribution in [3.8, 4) is 0 Å². The van der Waals surface area contributed by atoms with Gasteiger partial charge in [0.2, 0.25) is 0 Å². The lowest BCUT2D eigenvalue weighted by molar-refractivity contribution is -0.179. The van der Waals surface area contributed by atoms with Crippen LogP contribution in [-0.4, -0.2) is 6.18 Å². The highest BCUT2D eigenvalue weighted by molar-refractivity contribution is 4.75. The Morgan fingerprint density at radius 3 is 1.92 bits per heavy atom. The molecule has 0 aromatic heterocycles. The molecule has 1 saturated carbocycles. The van der Waals surface area contributed by atoms with Crippen molar-refractivity contribution in [1.82, 2.24) is 0 Å². The number of hydrogen-bond acceptors (Lipinski definition) is 0. The van der Waals surface area contributed by atoms with E-state index in [0.29, 0.717) is 25.7 Å². The first-order valence-corrected chi connectivity index (χ1v) is 4.49. The van der Waals surface area contributed by atoms with E-state index in [1.165, 1.54) is 0 Å². The summed E-state index contributed by atoms with van der Waals surface area (Å²) in [5, 5.41) is 0. The van der Waals surface area contributed by atoms with Crippen LogP contribution in [0.2, 0.25) is 0 Å². The summed E-state index contributed by atoms with van der Waals surface area (Å²) >= 11 is 0. The largest absolute Gasteiger partial charge is 0.391 e. The van der Waals surface area contributed by atoms with Crippen molar-refractivity contribution in [2.24, 2.45) is 5.92 Å². The van der Waals surface area contributed by atoms with Crippen molar-refractivity contribution in [2.45, 2.75) is 44.7 Å². The smallest absolute Gasteiger partial charge is 0.171 e. The fourth-order valence-electron chi connectivity index (χ4n) is 1.63. The minimum atomic E-state index is -3.96. The number of halogens is 3. The molecule has 71 valence electrons. The summed E-state index contributed by atoms with van der Waals surface area (Å²) in [4.78, 5) is 0. The molecule has 1 fully saturated rings. The molecule has 0 unspecified atom stereocenters. The number of hydrogen-bond donors (Lipinski definition) is 0. The van der Waals surface area contributed by atoms with E-state index < -0.39 is 12.1 Å². The van der Waals surface area contributed by atoms with Crippen LogP contribution in [0.4, 0.5) is 13.2 Å². The van der Waals surface area contributed by atoms with Crippen molar-refractivity contribution >= 4 is 0 Å². The molecule has 1 aliphatic carbocycles. The molecule has 0 aliphatic heterocycles. The molecular weight excluding hydrogens is 165 g/mol. The van der Waals surface area contributed by atoms with Gasteiger partial charge in [0.25, 0.3) is 0 Å². The fraction of sp³-hybridized carbons (Fsp3) is 0.889. The molecule has 0 nitrogen and oxygen atoms in total. The van der Waals surface area contributed by atoms with Crippen LogP contribution >= 0.6 is 0 Å². The first-order chi connectivity index (χ1) is 5.61. The van der Waals surface area contributed by atoms with E-state index in [4.69, 9.17) is 0 Å². The van der Waals surface area contributed by atoms with E-state index in [9.17, 15) is 13.2 Å². The molecule has 0 amide bonds. The van der Waals surface area contributed by atoms with E-state index in [2.05, 4.69) is 6.42 Å². The maximum atomic E-state index is 12.2. The predicted octanol–water partition coefficient (Wildman–Crippen LogP) is 3.72. The highest BCUT2D eigenvalue weighted by atomic mass is 19.4. The van der Waals surface area contributed by atoms with Gasteiger partial charge in [-0.15, -0.1) is 0 Å². The zero-order chi connectivity index (χ0) is 9.03. The molecule has 0 saturated heterocycles. The fourth-order valence-corrected chi connectivity index (χ4v) is 1.63. The van der Waals surface area contributed by atoms with Crippen LogP contribution in [0.1, 0.15) is 38.5 Å². The quantitative estimate of drug-likeness (QED) is 0.531. The van der Waals surface area contributed by atoms with Crippen LogP contribution in [0.3, 0.4) is 0 Å². The molecule has 1 radical (unpaired) electrons. The Morgan fingerprint density at radius 2 is 1.50 bits per heavy atom. The van der Waals surface area contributed by atoms with Gasteiger partial charge in [0.1, 0.15) is 0 Å². The average Bonchev–Trinajstić information content (AvgIpc) is 1.81. The standard InChI is InChI=1S/C9H14F3/c10-9(11,12)8-6-4-2-1-3-5-7-8/h1,8H,2-7H2. The third-order valence-corrected chi connectivity index (χ3v) is 2.38. The Kier molecular flexibility index (Phi) is 3.41. The minimum Gasteiger partial charge on any atom is -0.171 e. The van der Waals surface area contributed by atoms with Gasteiger partial charge in [-0.25, -0.2) is 0 Å². The second kappa shape index (κ2) is 4.15. The molecule has 1 aliphatic rings. The van der Waals surface area contributed by atoms with Crippen molar-refractivity contribution < 1.29 is 13.2 Å². The molecule has 0 heterocycles. The van der Waals surface area contributed by atoms with Gasteiger partial charge in [-0.2, -0.15) is 13.2 Å². The van der Waals surface area contributed by atoms with Gasteiger partial charge < -0.3 is 0 Å². The zero-order valence-electron chi connectivity index (χ0n) is 7.03. The number of alkyl halides is 3. The predicted molar refractivity (Wildman–Crippen MR) is 41.5 cm³/mol. The monoisotopic (exact) mass is 179 g/mol. The van der Waals surface area contributed by atoms with Gasteiger partial charge >= 0.3 is 6.18 Å². The van der Waals surface area contributed by atoms with E-state index in [0.717, 1.165) is 12.8 Å². The van der Waals surface area contributed by atoms with E-state index in [1.807, 2.05) is 0 Å². The van der Waals surface area contributed by atoms with Crippen LogP contribution in [-0.2, 0) is 0 Å². The summed E-state index contributed by atoms with van der Waals surface area (Å²) in [5.41, 5.74) is 0. The molecule has 0 spiro atoms. The molecule has 0 aromatic carbocycles. The normalized spacial score (nSPS) is 23.2. The summed E-state index contributed by atoms with van der Waals surface area (Å²) in [5.74, 6) is -1.04. The first kappa shape index (κ1) is 9.87. The van der Waals surface area contributed by atoms with E-state index in [1.54, 1.807) is 0 Å². The van der Waals surface area contributed by atoms with Crippen molar-refractivity contribution in [3.05, 3.63) is 6.42 Å². The minimum absolute atomic E-state index is 0.319. The molecule has 3 heteroatoms. The van der Waals surface area contributed by atoms with Gasteiger partial charge in [-0.1, -0.05) is 25.7 Å². The lowest BCUT2D eigenvalue weighted by Crippen LogP contribution is -2.23. The maximum Gasteiger partial charge on any atom is 0.391 e. The van der Waals surface area contributed by atoms with Gasteiger partial charge in [-0.05, 0) is 19.3 Å². The third kappa shape index (κ3) is 3.03. The third-order valence-electron chi connectivity index (χ3n) is 2.38. The molecular formula is C9H14F3. The molecule has 12 heavy (non-hydrogen) atoms. The maximum absolute atomic E-state index is 12.2.